The fraction of sp³-hybridized carbons (Fsp3) is 0.391. The molecule has 8 nitrogen and oxygen atoms in total. The first-order valence-electron chi connectivity index (χ1n) is 10.7. The Morgan fingerprint density at radius 1 is 1.28 bits per heavy atom. The highest BCUT2D eigenvalue weighted by molar-refractivity contribution is 7.89. The third kappa shape index (κ3) is 4.03. The van der Waals surface area contributed by atoms with E-state index in [-0.39, 0.29) is 29.0 Å². The van der Waals surface area contributed by atoms with E-state index in [2.05, 4.69) is 10.3 Å². The largest absolute Gasteiger partial charge is 0.391 e. The van der Waals surface area contributed by atoms with E-state index in [1.165, 1.54) is 10.4 Å². The van der Waals surface area contributed by atoms with Crippen LogP contribution in [0.15, 0.2) is 47.5 Å². The Balaban J connectivity index is 1.56. The van der Waals surface area contributed by atoms with Gasteiger partial charge in [0, 0.05) is 44.0 Å². The number of rotatable bonds is 5. The topological polar surface area (TPSA) is 105 Å². The molecule has 1 aliphatic rings. The van der Waals surface area contributed by atoms with E-state index < -0.39 is 16.1 Å². The van der Waals surface area contributed by atoms with Crippen molar-refractivity contribution in [2.75, 3.05) is 13.1 Å². The highest BCUT2D eigenvalue weighted by atomic mass is 32.2. The molecule has 9 heteroatoms. The lowest BCUT2D eigenvalue weighted by molar-refractivity contribution is 0.0605. The number of pyridine rings is 1. The van der Waals surface area contributed by atoms with E-state index in [1.54, 1.807) is 24.7 Å². The zero-order chi connectivity index (χ0) is 23.0. The Morgan fingerprint density at radius 3 is 2.81 bits per heavy atom. The number of nitrogens with one attached hydrogen (secondary N) is 1. The lowest BCUT2D eigenvalue weighted by Crippen LogP contribution is -2.45. The van der Waals surface area contributed by atoms with Crippen LogP contribution in [0.3, 0.4) is 0 Å². The maximum absolute atomic E-state index is 13.2. The molecule has 1 aliphatic heterocycles. The predicted octanol–water partition coefficient (Wildman–Crippen LogP) is 2.20. The van der Waals surface area contributed by atoms with Crippen molar-refractivity contribution in [1.82, 2.24) is 19.2 Å². The van der Waals surface area contributed by atoms with Crippen LogP contribution in [0.25, 0.3) is 10.9 Å². The van der Waals surface area contributed by atoms with Crippen molar-refractivity contribution in [3.8, 4) is 0 Å². The molecule has 0 saturated carbocycles. The fourth-order valence-corrected chi connectivity index (χ4v) is 5.86. The average Bonchev–Trinajstić information content (AvgIpc) is 3.09. The Morgan fingerprint density at radius 2 is 2.06 bits per heavy atom. The summed E-state index contributed by atoms with van der Waals surface area (Å²) in [6, 6.07) is 11.0. The number of aromatic nitrogens is 2. The van der Waals surface area contributed by atoms with Crippen molar-refractivity contribution in [1.29, 1.82) is 0 Å². The number of benzene rings is 1. The maximum Gasteiger partial charge on any atom is 0.268 e. The minimum atomic E-state index is -3.82. The number of aliphatic hydroxyl groups is 1. The molecule has 2 N–H and O–H groups in total. The van der Waals surface area contributed by atoms with Gasteiger partial charge in [0.15, 0.2) is 0 Å². The lowest BCUT2D eigenvalue weighted by atomic mass is 9.98. The highest BCUT2D eigenvalue weighted by Gasteiger charge is 2.35. The van der Waals surface area contributed by atoms with Gasteiger partial charge in [-0.2, -0.15) is 4.31 Å². The van der Waals surface area contributed by atoms with Crippen molar-refractivity contribution < 1.29 is 18.3 Å². The zero-order valence-corrected chi connectivity index (χ0v) is 19.3. The number of aliphatic hydroxyl groups excluding tert-OH is 1. The molecule has 2 aromatic heterocycles. The van der Waals surface area contributed by atoms with E-state index in [9.17, 15) is 18.3 Å². The zero-order valence-electron chi connectivity index (χ0n) is 18.4. The number of carbonyl (C=O) groups excluding carboxylic acids is 1. The van der Waals surface area contributed by atoms with Crippen LogP contribution in [0, 0.1) is 12.8 Å². The second kappa shape index (κ2) is 8.65. The first kappa shape index (κ1) is 22.4. The van der Waals surface area contributed by atoms with Gasteiger partial charge < -0.3 is 15.0 Å². The summed E-state index contributed by atoms with van der Waals surface area (Å²) in [5.41, 5.74) is 2.53. The minimum absolute atomic E-state index is 0.0592. The quantitative estimate of drug-likeness (QED) is 0.613. The summed E-state index contributed by atoms with van der Waals surface area (Å²) in [5, 5.41) is 14.0. The van der Waals surface area contributed by atoms with Crippen LogP contribution in [-0.4, -0.2) is 52.5 Å². The van der Waals surface area contributed by atoms with E-state index in [0.717, 1.165) is 16.5 Å². The van der Waals surface area contributed by atoms with Gasteiger partial charge in [-0.05, 0) is 43.0 Å². The van der Waals surface area contributed by atoms with Gasteiger partial charge in [0.1, 0.15) is 10.6 Å². The normalized spacial score (nSPS) is 19.9. The van der Waals surface area contributed by atoms with Crippen LogP contribution in [0.2, 0.25) is 0 Å². The van der Waals surface area contributed by atoms with Gasteiger partial charge in [-0.1, -0.05) is 25.1 Å². The second-order valence-electron chi connectivity index (χ2n) is 8.40. The van der Waals surface area contributed by atoms with Crippen molar-refractivity contribution in [3.05, 3.63) is 59.5 Å². The molecular weight excluding hydrogens is 428 g/mol. The monoisotopic (exact) mass is 456 g/mol. The number of β-amino-alcohol motifs (C(OH)–C–C–N with tert-alkyl or cyclic N) is 1. The molecule has 3 aromatic rings. The van der Waals surface area contributed by atoms with E-state index in [0.29, 0.717) is 25.2 Å². The number of fused-ring (bicyclic) bond motifs is 1. The molecule has 0 aliphatic carbocycles. The van der Waals surface area contributed by atoms with Crippen LogP contribution in [0.1, 0.15) is 35.1 Å². The Kier molecular flexibility index (Phi) is 6.07. The number of piperidine rings is 1. The molecule has 3 heterocycles. The molecule has 1 saturated heterocycles. The summed E-state index contributed by atoms with van der Waals surface area (Å²) in [7, 11) is -2.14. The SMILES string of the molecule is Cc1c(S(=O)(=O)N2CC[C@@H](C)[C@H](O)C2)cc(C(=O)NCc2cccc3ncccc23)n1C. The first-order valence-corrected chi connectivity index (χ1v) is 12.1. The third-order valence-corrected chi connectivity index (χ3v) is 8.38. The summed E-state index contributed by atoms with van der Waals surface area (Å²) in [6.07, 6.45) is 1.63. The molecular formula is C23H28N4O4S. The average molecular weight is 457 g/mol. The summed E-state index contributed by atoms with van der Waals surface area (Å²) in [4.78, 5) is 17.4. The molecule has 0 radical (unpaired) electrons. The summed E-state index contributed by atoms with van der Waals surface area (Å²) < 4.78 is 29.4. The van der Waals surface area contributed by atoms with Gasteiger partial charge in [-0.25, -0.2) is 8.42 Å². The molecule has 0 spiro atoms. The van der Waals surface area contributed by atoms with Crippen molar-refractivity contribution in [2.45, 2.75) is 37.8 Å². The van der Waals surface area contributed by atoms with Crippen molar-refractivity contribution in [3.63, 3.8) is 0 Å². The van der Waals surface area contributed by atoms with Crippen LogP contribution >= 0.6 is 0 Å². The second-order valence-corrected chi connectivity index (χ2v) is 10.3. The van der Waals surface area contributed by atoms with Crippen LogP contribution in [0.4, 0.5) is 0 Å². The highest BCUT2D eigenvalue weighted by Crippen LogP contribution is 2.27. The summed E-state index contributed by atoms with van der Waals surface area (Å²) >= 11 is 0. The molecule has 4 rings (SSSR count). The van der Waals surface area contributed by atoms with Crippen molar-refractivity contribution >= 4 is 26.8 Å². The van der Waals surface area contributed by atoms with Crippen molar-refractivity contribution in [2.24, 2.45) is 13.0 Å². The number of amides is 1. The van der Waals surface area contributed by atoms with Gasteiger partial charge in [0.05, 0.1) is 11.6 Å². The van der Waals surface area contributed by atoms with E-state index in [4.69, 9.17) is 0 Å². The van der Waals surface area contributed by atoms with Gasteiger partial charge in [0.2, 0.25) is 10.0 Å². The third-order valence-electron chi connectivity index (χ3n) is 6.40. The molecule has 1 aromatic carbocycles. The Bertz CT molecular complexity index is 1260. The molecule has 1 fully saturated rings. The maximum atomic E-state index is 13.2. The van der Waals surface area contributed by atoms with Crippen LogP contribution in [0.5, 0.6) is 0 Å². The van der Waals surface area contributed by atoms with Gasteiger partial charge in [-0.15, -0.1) is 0 Å². The molecule has 0 unspecified atom stereocenters. The molecule has 0 bridgehead atoms. The molecule has 1 amide bonds. The summed E-state index contributed by atoms with van der Waals surface area (Å²) in [6.45, 7) is 4.31. The van der Waals surface area contributed by atoms with Crippen LogP contribution < -0.4 is 5.32 Å². The van der Waals surface area contributed by atoms with Gasteiger partial charge in [0.25, 0.3) is 5.91 Å². The standard InChI is InChI=1S/C23H28N4O4S/c1-15-9-11-27(14-21(15)28)32(30,31)22-12-20(26(3)16(22)2)23(29)25-13-17-6-4-8-19-18(17)7-5-10-24-19/h4-8,10,12,15,21,28H,9,11,13-14H2,1-3H3,(H,25,29)/t15-,21-/m1/s1. The molecule has 2 atom stereocenters. The number of hydrogen-bond acceptors (Lipinski definition) is 5. The minimum Gasteiger partial charge on any atom is -0.391 e. The predicted molar refractivity (Wildman–Crippen MR) is 122 cm³/mol. The smallest absolute Gasteiger partial charge is 0.268 e. The van der Waals surface area contributed by atoms with Crippen LogP contribution in [-0.2, 0) is 23.6 Å². The summed E-state index contributed by atoms with van der Waals surface area (Å²) in [5.74, 6) is -0.297. The van der Waals surface area contributed by atoms with Gasteiger partial charge in [-0.3, -0.25) is 9.78 Å². The number of nitrogens with zero attached hydrogens (tertiary/aromatic N) is 3. The van der Waals surface area contributed by atoms with E-state index in [1.807, 2.05) is 37.3 Å². The fourth-order valence-electron chi connectivity index (χ4n) is 4.11. The number of carbonyl (C=O) groups is 1. The number of sulfonamides is 1. The van der Waals surface area contributed by atoms with Gasteiger partial charge >= 0.3 is 0 Å². The van der Waals surface area contributed by atoms with E-state index >= 15 is 0 Å². The Hall–Kier alpha value is -2.75. The molecule has 32 heavy (non-hydrogen) atoms. The first-order chi connectivity index (χ1) is 15.2. The molecule has 170 valence electrons. The lowest BCUT2D eigenvalue weighted by Gasteiger charge is -2.33. The Labute approximate surface area is 187 Å². The number of hydrogen-bond donors (Lipinski definition) is 2.